The molecule has 1 heterocycles. The van der Waals surface area contributed by atoms with Crippen LogP contribution in [0.4, 0.5) is 16.2 Å². The van der Waals surface area contributed by atoms with Crippen LogP contribution in [-0.4, -0.2) is 53.4 Å². The molecule has 2 amide bonds. The minimum atomic E-state index is -0.455. The third-order valence-electron chi connectivity index (χ3n) is 6.25. The van der Waals surface area contributed by atoms with Crippen LogP contribution in [0.1, 0.15) is 42.1 Å². The molecule has 8 nitrogen and oxygen atoms in total. The number of anilines is 1. The van der Waals surface area contributed by atoms with Gasteiger partial charge in [0, 0.05) is 55.0 Å². The van der Waals surface area contributed by atoms with Gasteiger partial charge in [0.15, 0.2) is 5.78 Å². The number of carbonyl (C=O) groups excluding carboxylic acids is 2. The number of hydrogen-bond acceptors (Lipinski definition) is 5. The van der Waals surface area contributed by atoms with E-state index in [0.717, 1.165) is 19.3 Å². The molecule has 2 aromatic carbocycles. The Hall–Kier alpha value is -3.42. The molecule has 4 rings (SSSR count). The van der Waals surface area contributed by atoms with Crippen molar-refractivity contribution in [3.63, 3.8) is 0 Å². The number of benzene rings is 2. The first-order chi connectivity index (χ1) is 14.9. The van der Waals surface area contributed by atoms with Crippen molar-refractivity contribution in [2.45, 2.75) is 31.7 Å². The fraction of sp³-hybridized carbons (Fsp3) is 0.391. The smallest absolute Gasteiger partial charge is 0.317 e. The van der Waals surface area contributed by atoms with Gasteiger partial charge in [-0.2, -0.15) is 0 Å². The maximum Gasteiger partial charge on any atom is 0.317 e. The first-order valence-electron chi connectivity index (χ1n) is 10.6. The summed E-state index contributed by atoms with van der Waals surface area (Å²) in [6, 6.07) is 13.2. The fourth-order valence-electron chi connectivity index (χ4n) is 4.15. The Kier molecular flexibility index (Phi) is 5.63. The number of nitrogens with zero attached hydrogens (tertiary/aromatic N) is 3. The van der Waals surface area contributed by atoms with E-state index in [1.807, 2.05) is 11.0 Å². The Balaban J connectivity index is 1.53. The summed E-state index contributed by atoms with van der Waals surface area (Å²) in [6.45, 7) is 4.04. The SMILES string of the molecule is CC1(NC(=O)N2CCN(c3cc([N+](=O)[O-])ccc3C(=O)c3ccccc3)CC2)CCC1. The number of nitro benzene ring substituents is 1. The Morgan fingerprint density at radius 2 is 1.71 bits per heavy atom. The van der Waals surface area contributed by atoms with Crippen molar-refractivity contribution >= 4 is 23.2 Å². The molecule has 1 N–H and O–H groups in total. The van der Waals surface area contributed by atoms with Crippen LogP contribution in [-0.2, 0) is 0 Å². The second-order valence-corrected chi connectivity index (χ2v) is 8.47. The molecule has 0 spiro atoms. The highest BCUT2D eigenvalue weighted by Crippen LogP contribution is 2.32. The number of non-ortho nitro benzene ring substituents is 1. The Morgan fingerprint density at radius 1 is 1.03 bits per heavy atom. The monoisotopic (exact) mass is 422 g/mol. The normalized spacial score (nSPS) is 17.6. The highest BCUT2D eigenvalue weighted by molar-refractivity contribution is 6.12. The van der Waals surface area contributed by atoms with E-state index in [-0.39, 0.29) is 23.0 Å². The third kappa shape index (κ3) is 4.38. The maximum atomic E-state index is 13.1. The third-order valence-corrected chi connectivity index (χ3v) is 6.25. The summed E-state index contributed by atoms with van der Waals surface area (Å²) in [7, 11) is 0. The predicted molar refractivity (Wildman–Crippen MR) is 118 cm³/mol. The molecule has 0 bridgehead atoms. The minimum Gasteiger partial charge on any atom is -0.367 e. The van der Waals surface area contributed by atoms with Gasteiger partial charge in [0.05, 0.1) is 10.6 Å². The number of ketones is 1. The molecule has 2 aromatic rings. The largest absolute Gasteiger partial charge is 0.367 e. The molecule has 2 fully saturated rings. The number of urea groups is 1. The summed E-state index contributed by atoms with van der Waals surface area (Å²) in [5.74, 6) is -0.177. The highest BCUT2D eigenvalue weighted by atomic mass is 16.6. The molecule has 31 heavy (non-hydrogen) atoms. The first-order valence-corrected chi connectivity index (χ1v) is 10.6. The number of piperazine rings is 1. The lowest BCUT2D eigenvalue weighted by atomic mass is 9.79. The number of nitrogens with one attached hydrogen (secondary N) is 1. The number of rotatable bonds is 5. The van der Waals surface area contributed by atoms with Crippen LogP contribution in [0.3, 0.4) is 0 Å². The first kappa shape index (κ1) is 20.8. The van der Waals surface area contributed by atoms with Crippen LogP contribution in [0.15, 0.2) is 48.5 Å². The molecule has 0 unspecified atom stereocenters. The molecule has 0 aromatic heterocycles. The van der Waals surface area contributed by atoms with Crippen LogP contribution in [0.2, 0.25) is 0 Å². The van der Waals surface area contributed by atoms with Crippen molar-refractivity contribution in [1.29, 1.82) is 0 Å². The quantitative estimate of drug-likeness (QED) is 0.451. The topological polar surface area (TPSA) is 95.8 Å². The zero-order valence-corrected chi connectivity index (χ0v) is 17.5. The molecule has 2 aliphatic rings. The zero-order valence-electron chi connectivity index (χ0n) is 17.5. The van der Waals surface area contributed by atoms with Crippen LogP contribution in [0.5, 0.6) is 0 Å². The Labute approximate surface area is 181 Å². The Morgan fingerprint density at radius 3 is 2.29 bits per heavy atom. The molecule has 1 aliphatic heterocycles. The van der Waals surface area contributed by atoms with E-state index in [9.17, 15) is 19.7 Å². The van der Waals surface area contributed by atoms with Crippen LogP contribution >= 0.6 is 0 Å². The van der Waals surface area contributed by atoms with Crippen LogP contribution in [0, 0.1) is 10.1 Å². The van der Waals surface area contributed by atoms with E-state index in [0.29, 0.717) is 43.0 Å². The summed E-state index contributed by atoms with van der Waals surface area (Å²) in [5, 5.41) is 14.5. The van der Waals surface area contributed by atoms with Crippen molar-refractivity contribution < 1.29 is 14.5 Å². The second-order valence-electron chi connectivity index (χ2n) is 8.47. The minimum absolute atomic E-state index is 0.0577. The summed E-state index contributed by atoms with van der Waals surface area (Å²) in [4.78, 5) is 40.3. The van der Waals surface area contributed by atoms with Crippen molar-refractivity contribution in [3.05, 3.63) is 69.8 Å². The van der Waals surface area contributed by atoms with Crippen LogP contribution in [0.25, 0.3) is 0 Å². The molecular formula is C23H26N4O4. The average molecular weight is 422 g/mol. The van der Waals surface area contributed by atoms with Gasteiger partial charge in [0.25, 0.3) is 5.69 Å². The molecule has 0 radical (unpaired) electrons. The predicted octanol–water partition coefficient (Wildman–Crippen LogP) is 3.60. The van der Waals surface area contributed by atoms with E-state index in [1.165, 1.54) is 18.2 Å². The van der Waals surface area contributed by atoms with Crippen molar-refractivity contribution in [3.8, 4) is 0 Å². The van der Waals surface area contributed by atoms with Crippen molar-refractivity contribution in [1.82, 2.24) is 10.2 Å². The molecule has 1 saturated heterocycles. The lowest BCUT2D eigenvalue weighted by Gasteiger charge is -2.42. The average Bonchev–Trinajstić information content (AvgIpc) is 2.77. The van der Waals surface area contributed by atoms with Gasteiger partial charge in [-0.25, -0.2) is 4.79 Å². The van der Waals surface area contributed by atoms with Gasteiger partial charge in [-0.3, -0.25) is 14.9 Å². The lowest BCUT2D eigenvalue weighted by molar-refractivity contribution is -0.384. The van der Waals surface area contributed by atoms with Crippen molar-refractivity contribution in [2.75, 3.05) is 31.1 Å². The second kappa shape index (κ2) is 8.37. The number of amides is 2. The van der Waals surface area contributed by atoms with Gasteiger partial charge >= 0.3 is 6.03 Å². The summed E-state index contributed by atoms with van der Waals surface area (Å²) >= 11 is 0. The zero-order chi connectivity index (χ0) is 22.0. The summed E-state index contributed by atoms with van der Waals surface area (Å²) in [6.07, 6.45) is 3.13. The highest BCUT2D eigenvalue weighted by Gasteiger charge is 2.35. The maximum absolute atomic E-state index is 13.1. The summed E-state index contributed by atoms with van der Waals surface area (Å²) in [5.41, 5.74) is 1.33. The van der Waals surface area contributed by atoms with Crippen molar-refractivity contribution in [2.24, 2.45) is 0 Å². The Bertz CT molecular complexity index is 996. The van der Waals surface area contributed by atoms with E-state index < -0.39 is 4.92 Å². The fourth-order valence-corrected chi connectivity index (χ4v) is 4.15. The van der Waals surface area contributed by atoms with Gasteiger partial charge < -0.3 is 15.1 Å². The molecule has 0 atom stereocenters. The van der Waals surface area contributed by atoms with Gasteiger partial charge in [-0.15, -0.1) is 0 Å². The molecule has 162 valence electrons. The van der Waals surface area contributed by atoms with Gasteiger partial charge in [-0.05, 0) is 32.3 Å². The molecular weight excluding hydrogens is 396 g/mol. The number of nitro groups is 1. The van der Waals surface area contributed by atoms with Gasteiger partial charge in [0.2, 0.25) is 0 Å². The van der Waals surface area contributed by atoms with Gasteiger partial charge in [-0.1, -0.05) is 30.3 Å². The lowest BCUT2D eigenvalue weighted by Crippen LogP contribution is -2.58. The van der Waals surface area contributed by atoms with Gasteiger partial charge in [0.1, 0.15) is 0 Å². The van der Waals surface area contributed by atoms with E-state index in [1.54, 1.807) is 29.2 Å². The standard InChI is InChI=1S/C23H26N4O4/c1-23(10-5-11-23)24-22(29)26-14-12-25(13-15-26)20-16-18(27(30)31)8-9-19(20)21(28)17-6-3-2-4-7-17/h2-4,6-9,16H,5,10-15H2,1H3,(H,24,29). The summed E-state index contributed by atoms with van der Waals surface area (Å²) < 4.78 is 0. The van der Waals surface area contributed by atoms with E-state index in [4.69, 9.17) is 0 Å². The number of carbonyl (C=O) groups is 2. The molecule has 1 saturated carbocycles. The molecule has 8 heteroatoms. The van der Waals surface area contributed by atoms with E-state index in [2.05, 4.69) is 12.2 Å². The number of hydrogen-bond donors (Lipinski definition) is 1. The molecule has 1 aliphatic carbocycles. The van der Waals surface area contributed by atoms with E-state index >= 15 is 0 Å². The van der Waals surface area contributed by atoms with Crippen LogP contribution < -0.4 is 10.2 Å².